The van der Waals surface area contributed by atoms with Crippen molar-refractivity contribution in [1.29, 1.82) is 0 Å². The van der Waals surface area contributed by atoms with Crippen LogP contribution in [0.15, 0.2) is 39.7 Å². The zero-order chi connectivity index (χ0) is 18.2. The van der Waals surface area contributed by atoms with Crippen LogP contribution >= 0.6 is 27.5 Å². The maximum Gasteiger partial charge on any atom is 0.340 e. The Hall–Kier alpha value is -1.77. The lowest BCUT2D eigenvalue weighted by molar-refractivity contribution is 0.0471. The summed E-state index contributed by atoms with van der Waals surface area (Å²) in [6.45, 7) is 0.0917. The van der Waals surface area contributed by atoms with Gasteiger partial charge < -0.3 is 14.2 Å². The van der Waals surface area contributed by atoms with Gasteiger partial charge in [-0.25, -0.2) is 13.2 Å². The molecule has 0 spiro atoms. The van der Waals surface area contributed by atoms with E-state index < -0.39 is 15.8 Å². The fourth-order valence-electron chi connectivity index (χ4n) is 2.18. The van der Waals surface area contributed by atoms with Crippen molar-refractivity contribution in [2.45, 2.75) is 11.5 Å². The van der Waals surface area contributed by atoms with E-state index >= 15 is 0 Å². The van der Waals surface area contributed by atoms with Gasteiger partial charge in [0.25, 0.3) is 0 Å². The first kappa shape index (κ1) is 18.0. The summed E-state index contributed by atoms with van der Waals surface area (Å²) >= 11 is 9.37. The molecule has 1 heterocycles. The summed E-state index contributed by atoms with van der Waals surface area (Å²) in [5.41, 5.74) is 0.662. The minimum Gasteiger partial charge on any atom is -0.457 e. The quantitative estimate of drug-likeness (QED) is 0.667. The molecule has 6 nitrogen and oxygen atoms in total. The Balaban J connectivity index is 1.80. The second-order valence-electron chi connectivity index (χ2n) is 5.29. The maximum absolute atomic E-state index is 12.3. The van der Waals surface area contributed by atoms with E-state index in [0.717, 1.165) is 6.26 Å². The molecule has 1 aliphatic heterocycles. The zero-order valence-corrected chi connectivity index (χ0v) is 16.1. The van der Waals surface area contributed by atoms with Crippen molar-refractivity contribution in [2.75, 3.05) is 13.0 Å². The molecule has 0 aromatic heterocycles. The highest BCUT2D eigenvalue weighted by atomic mass is 79.9. The van der Waals surface area contributed by atoms with Crippen molar-refractivity contribution in [3.63, 3.8) is 0 Å². The van der Waals surface area contributed by atoms with Gasteiger partial charge in [-0.3, -0.25) is 0 Å². The molecule has 132 valence electrons. The summed E-state index contributed by atoms with van der Waals surface area (Å²) < 4.78 is 39.7. The standard InChI is InChI=1S/C16H12BrClO6S/c1-25(20,21)10-2-3-13(18)11(5-10)16(19)22-7-9-4-14-15(6-12(9)17)24-8-23-14/h2-6H,7-8H2,1H3. The van der Waals surface area contributed by atoms with Gasteiger partial charge in [-0.2, -0.15) is 0 Å². The Morgan fingerprint density at radius 2 is 1.92 bits per heavy atom. The largest absolute Gasteiger partial charge is 0.457 e. The molecule has 0 fully saturated rings. The van der Waals surface area contributed by atoms with E-state index in [-0.39, 0.29) is 28.9 Å². The van der Waals surface area contributed by atoms with E-state index in [2.05, 4.69) is 15.9 Å². The summed E-state index contributed by atoms with van der Waals surface area (Å²) in [5, 5.41) is 0.113. The third-order valence-electron chi connectivity index (χ3n) is 3.49. The van der Waals surface area contributed by atoms with Crippen molar-refractivity contribution in [3.05, 3.63) is 51.0 Å². The lowest BCUT2D eigenvalue weighted by Gasteiger charge is -2.10. The first-order valence-electron chi connectivity index (χ1n) is 7.00. The van der Waals surface area contributed by atoms with Gasteiger partial charge in [0.05, 0.1) is 15.5 Å². The highest BCUT2D eigenvalue weighted by Gasteiger charge is 2.19. The molecule has 0 unspecified atom stereocenters. The zero-order valence-electron chi connectivity index (χ0n) is 12.9. The van der Waals surface area contributed by atoms with E-state index in [1.807, 2.05) is 0 Å². The van der Waals surface area contributed by atoms with E-state index in [9.17, 15) is 13.2 Å². The summed E-state index contributed by atoms with van der Waals surface area (Å²) in [6.07, 6.45) is 1.05. The maximum atomic E-state index is 12.3. The van der Waals surface area contributed by atoms with Crippen molar-refractivity contribution in [1.82, 2.24) is 0 Å². The number of esters is 1. The molecular weight excluding hydrogens is 436 g/mol. The van der Waals surface area contributed by atoms with Crippen molar-refractivity contribution < 1.29 is 27.4 Å². The summed E-state index contributed by atoms with van der Waals surface area (Å²) in [7, 11) is -3.46. The van der Waals surface area contributed by atoms with Crippen LogP contribution in [-0.4, -0.2) is 27.4 Å². The van der Waals surface area contributed by atoms with Crippen molar-refractivity contribution >= 4 is 43.3 Å². The number of halogens is 2. The number of hydrogen-bond donors (Lipinski definition) is 0. The SMILES string of the molecule is CS(=O)(=O)c1ccc(Cl)c(C(=O)OCc2cc3c(cc2Br)OCO3)c1. The molecule has 9 heteroatoms. The van der Waals surface area contributed by atoms with Crippen LogP contribution in [0.5, 0.6) is 11.5 Å². The smallest absolute Gasteiger partial charge is 0.340 e. The molecule has 0 saturated carbocycles. The molecule has 0 N–H and O–H groups in total. The van der Waals surface area contributed by atoms with Gasteiger partial charge >= 0.3 is 5.97 Å². The Morgan fingerprint density at radius 1 is 1.24 bits per heavy atom. The number of sulfone groups is 1. The second-order valence-corrected chi connectivity index (χ2v) is 8.56. The second kappa shape index (κ2) is 6.86. The molecule has 25 heavy (non-hydrogen) atoms. The summed E-state index contributed by atoms with van der Waals surface area (Å²) in [6, 6.07) is 7.32. The average Bonchev–Trinajstić information content (AvgIpc) is 2.98. The predicted octanol–water partition coefficient (Wildman–Crippen LogP) is 3.59. The van der Waals surface area contributed by atoms with Crippen LogP contribution in [0, 0.1) is 0 Å². The highest BCUT2D eigenvalue weighted by Crippen LogP contribution is 2.37. The van der Waals surface area contributed by atoms with Crippen LogP contribution in [0.1, 0.15) is 15.9 Å². The number of ether oxygens (including phenoxy) is 3. The Labute approximate surface area is 157 Å². The highest BCUT2D eigenvalue weighted by molar-refractivity contribution is 9.10. The number of benzene rings is 2. The molecule has 2 aromatic carbocycles. The minimum absolute atomic E-state index is 0.00638. The molecule has 0 radical (unpaired) electrons. The van der Waals surface area contributed by atoms with Gasteiger partial charge in [-0.1, -0.05) is 27.5 Å². The summed E-state index contributed by atoms with van der Waals surface area (Å²) in [4.78, 5) is 12.3. The van der Waals surface area contributed by atoms with Gasteiger partial charge in [-0.15, -0.1) is 0 Å². The Bertz CT molecular complexity index is 957. The van der Waals surface area contributed by atoms with Gasteiger partial charge in [0.1, 0.15) is 6.61 Å². The van der Waals surface area contributed by atoms with Gasteiger partial charge in [0.15, 0.2) is 21.3 Å². The third-order valence-corrected chi connectivity index (χ3v) is 5.66. The molecular formula is C16H12BrClO6S. The van der Waals surface area contributed by atoms with Crippen LogP contribution in [-0.2, 0) is 21.2 Å². The molecule has 0 bridgehead atoms. The third kappa shape index (κ3) is 3.91. The molecule has 0 saturated heterocycles. The lowest BCUT2D eigenvalue weighted by Crippen LogP contribution is -2.08. The fraction of sp³-hybridized carbons (Fsp3) is 0.188. The van der Waals surface area contributed by atoms with Crippen LogP contribution in [0.25, 0.3) is 0 Å². The lowest BCUT2D eigenvalue weighted by atomic mass is 10.2. The number of carbonyl (C=O) groups excluding carboxylic acids is 1. The Morgan fingerprint density at radius 3 is 2.60 bits per heavy atom. The molecule has 2 aromatic rings. The number of carbonyl (C=O) groups is 1. The Kier molecular flexibility index (Phi) is 4.95. The van der Waals surface area contributed by atoms with E-state index in [4.69, 9.17) is 25.8 Å². The molecule has 1 aliphatic rings. The number of hydrogen-bond acceptors (Lipinski definition) is 6. The molecule has 0 atom stereocenters. The van der Waals surface area contributed by atoms with E-state index in [0.29, 0.717) is 21.5 Å². The van der Waals surface area contributed by atoms with E-state index in [1.54, 1.807) is 12.1 Å². The first-order valence-corrected chi connectivity index (χ1v) is 10.1. The number of rotatable bonds is 4. The first-order chi connectivity index (χ1) is 11.8. The molecule has 3 rings (SSSR count). The topological polar surface area (TPSA) is 78.9 Å². The van der Waals surface area contributed by atoms with Crippen molar-refractivity contribution in [2.24, 2.45) is 0 Å². The monoisotopic (exact) mass is 446 g/mol. The van der Waals surface area contributed by atoms with E-state index in [1.165, 1.54) is 18.2 Å². The van der Waals surface area contributed by atoms with Gasteiger partial charge in [-0.05, 0) is 30.3 Å². The van der Waals surface area contributed by atoms with Gasteiger partial charge in [0, 0.05) is 16.3 Å². The number of fused-ring (bicyclic) bond motifs is 1. The minimum atomic E-state index is -3.46. The van der Waals surface area contributed by atoms with Crippen molar-refractivity contribution in [3.8, 4) is 11.5 Å². The fourth-order valence-corrected chi connectivity index (χ4v) is 3.46. The van der Waals surface area contributed by atoms with Crippen LogP contribution in [0.3, 0.4) is 0 Å². The predicted molar refractivity (Wildman–Crippen MR) is 93.9 cm³/mol. The van der Waals surface area contributed by atoms with Crippen LogP contribution in [0.4, 0.5) is 0 Å². The van der Waals surface area contributed by atoms with Crippen LogP contribution in [0.2, 0.25) is 5.02 Å². The molecule has 0 aliphatic carbocycles. The van der Waals surface area contributed by atoms with Crippen LogP contribution < -0.4 is 9.47 Å². The van der Waals surface area contributed by atoms with Gasteiger partial charge in [0.2, 0.25) is 6.79 Å². The summed E-state index contributed by atoms with van der Waals surface area (Å²) in [5.74, 6) is 0.442. The average molecular weight is 448 g/mol. The molecule has 0 amide bonds. The normalized spacial score (nSPS) is 12.9.